The molecule has 0 atom stereocenters. The first kappa shape index (κ1) is 10.5. The van der Waals surface area contributed by atoms with Crippen LogP contribution in [0.4, 0.5) is 0 Å². The highest BCUT2D eigenvalue weighted by molar-refractivity contribution is 9.10. The van der Waals surface area contributed by atoms with Crippen LogP contribution in [0.3, 0.4) is 0 Å². The SMILES string of the molecule is CN(C)CCn1cc(Br)ccc1=O. The maximum atomic E-state index is 11.3. The van der Waals surface area contributed by atoms with Gasteiger partial charge in [0.25, 0.3) is 5.56 Å². The summed E-state index contributed by atoms with van der Waals surface area (Å²) in [5, 5.41) is 0. The van der Waals surface area contributed by atoms with Gasteiger partial charge in [-0.3, -0.25) is 4.79 Å². The number of rotatable bonds is 3. The molecule has 1 aromatic heterocycles. The van der Waals surface area contributed by atoms with E-state index in [1.807, 2.05) is 25.2 Å². The van der Waals surface area contributed by atoms with E-state index in [0.717, 1.165) is 17.6 Å². The average molecular weight is 245 g/mol. The molecule has 0 saturated carbocycles. The van der Waals surface area contributed by atoms with Crippen molar-refractivity contribution in [1.29, 1.82) is 0 Å². The molecule has 72 valence electrons. The molecule has 0 aromatic carbocycles. The van der Waals surface area contributed by atoms with E-state index in [2.05, 4.69) is 15.9 Å². The normalized spacial score (nSPS) is 10.8. The maximum absolute atomic E-state index is 11.3. The van der Waals surface area contributed by atoms with Crippen molar-refractivity contribution < 1.29 is 0 Å². The zero-order valence-corrected chi connectivity index (χ0v) is 9.41. The molecular weight excluding hydrogens is 232 g/mol. The number of nitrogens with zero attached hydrogens (tertiary/aromatic N) is 2. The molecule has 0 bridgehead atoms. The molecule has 4 heteroatoms. The fourth-order valence-corrected chi connectivity index (χ4v) is 1.36. The molecule has 3 nitrogen and oxygen atoms in total. The van der Waals surface area contributed by atoms with Crippen molar-refractivity contribution in [2.24, 2.45) is 0 Å². The third-order valence-corrected chi connectivity index (χ3v) is 2.20. The van der Waals surface area contributed by atoms with Gasteiger partial charge < -0.3 is 9.47 Å². The molecule has 0 aliphatic heterocycles. The third kappa shape index (κ3) is 3.32. The van der Waals surface area contributed by atoms with Gasteiger partial charge in [0.1, 0.15) is 0 Å². The maximum Gasteiger partial charge on any atom is 0.250 e. The van der Waals surface area contributed by atoms with Crippen molar-refractivity contribution in [3.63, 3.8) is 0 Å². The largest absolute Gasteiger partial charge is 0.313 e. The highest BCUT2D eigenvalue weighted by Crippen LogP contribution is 2.04. The van der Waals surface area contributed by atoms with Crippen LogP contribution in [0.15, 0.2) is 27.6 Å². The van der Waals surface area contributed by atoms with Crippen molar-refractivity contribution in [1.82, 2.24) is 9.47 Å². The number of hydrogen-bond acceptors (Lipinski definition) is 2. The Morgan fingerprint density at radius 1 is 1.46 bits per heavy atom. The molecular formula is C9H13BrN2O. The lowest BCUT2D eigenvalue weighted by atomic mass is 10.4. The van der Waals surface area contributed by atoms with Gasteiger partial charge in [-0.05, 0) is 36.1 Å². The number of hydrogen-bond donors (Lipinski definition) is 0. The molecule has 1 aromatic rings. The second kappa shape index (κ2) is 4.58. The molecule has 0 radical (unpaired) electrons. The molecule has 0 fully saturated rings. The van der Waals surface area contributed by atoms with Crippen molar-refractivity contribution in [3.8, 4) is 0 Å². The fraction of sp³-hybridized carbons (Fsp3) is 0.444. The number of pyridine rings is 1. The van der Waals surface area contributed by atoms with Gasteiger partial charge in [-0.25, -0.2) is 0 Å². The Hall–Kier alpha value is -0.610. The van der Waals surface area contributed by atoms with Gasteiger partial charge in [0.05, 0.1) is 0 Å². The lowest BCUT2D eigenvalue weighted by Gasteiger charge is -2.10. The second-order valence-corrected chi connectivity index (χ2v) is 4.10. The standard InChI is InChI=1S/C9H13BrN2O/c1-11(2)5-6-12-7-8(10)3-4-9(12)13/h3-4,7H,5-6H2,1-2H3. The molecule has 0 unspecified atom stereocenters. The van der Waals surface area contributed by atoms with Gasteiger partial charge in [0.2, 0.25) is 0 Å². The lowest BCUT2D eigenvalue weighted by Crippen LogP contribution is -2.25. The molecule has 13 heavy (non-hydrogen) atoms. The zero-order chi connectivity index (χ0) is 9.84. The number of aromatic nitrogens is 1. The minimum absolute atomic E-state index is 0.0463. The van der Waals surface area contributed by atoms with E-state index in [1.165, 1.54) is 0 Å². The van der Waals surface area contributed by atoms with Gasteiger partial charge in [-0.2, -0.15) is 0 Å². The first-order valence-corrected chi connectivity index (χ1v) is 4.89. The Morgan fingerprint density at radius 2 is 2.15 bits per heavy atom. The van der Waals surface area contributed by atoms with Crippen LogP contribution in [0, 0.1) is 0 Å². The summed E-state index contributed by atoms with van der Waals surface area (Å²) in [6.45, 7) is 1.60. The molecule has 0 spiro atoms. The topological polar surface area (TPSA) is 25.2 Å². The summed E-state index contributed by atoms with van der Waals surface area (Å²) >= 11 is 3.33. The van der Waals surface area contributed by atoms with Crippen LogP contribution in [0.1, 0.15) is 0 Å². The van der Waals surface area contributed by atoms with Gasteiger partial charge in [0, 0.05) is 29.8 Å². The first-order chi connectivity index (χ1) is 6.09. The molecule has 1 heterocycles. The minimum Gasteiger partial charge on any atom is -0.313 e. The highest BCUT2D eigenvalue weighted by atomic mass is 79.9. The van der Waals surface area contributed by atoms with Crippen LogP contribution >= 0.6 is 15.9 Å². The summed E-state index contributed by atoms with van der Waals surface area (Å²) in [4.78, 5) is 13.4. The van der Waals surface area contributed by atoms with Gasteiger partial charge in [0.15, 0.2) is 0 Å². The lowest BCUT2D eigenvalue weighted by molar-refractivity contribution is 0.381. The van der Waals surface area contributed by atoms with E-state index >= 15 is 0 Å². The van der Waals surface area contributed by atoms with Crippen LogP contribution in [0.25, 0.3) is 0 Å². The molecule has 0 N–H and O–H groups in total. The highest BCUT2D eigenvalue weighted by Gasteiger charge is 1.97. The summed E-state index contributed by atoms with van der Waals surface area (Å²) in [6, 6.07) is 3.33. The molecule has 1 rings (SSSR count). The molecule has 0 amide bonds. The van der Waals surface area contributed by atoms with Crippen molar-refractivity contribution in [2.45, 2.75) is 6.54 Å². The Labute approximate surface area is 86.1 Å². The van der Waals surface area contributed by atoms with Crippen molar-refractivity contribution >= 4 is 15.9 Å². The summed E-state index contributed by atoms with van der Waals surface area (Å²) < 4.78 is 2.63. The van der Waals surface area contributed by atoms with E-state index in [-0.39, 0.29) is 5.56 Å². The summed E-state index contributed by atoms with van der Waals surface area (Å²) in [5.41, 5.74) is 0.0463. The minimum atomic E-state index is 0.0463. The summed E-state index contributed by atoms with van der Waals surface area (Å²) in [7, 11) is 3.98. The predicted octanol–water partition coefficient (Wildman–Crippen LogP) is 1.17. The number of halogens is 1. The van der Waals surface area contributed by atoms with Crippen molar-refractivity contribution in [2.75, 3.05) is 20.6 Å². The molecule has 0 aliphatic carbocycles. The Bertz CT molecular complexity index is 333. The Kier molecular flexibility index (Phi) is 3.69. The average Bonchev–Trinajstić information content (AvgIpc) is 2.06. The third-order valence-electron chi connectivity index (χ3n) is 1.74. The molecule has 0 saturated heterocycles. The van der Waals surface area contributed by atoms with E-state index in [4.69, 9.17) is 0 Å². The van der Waals surface area contributed by atoms with Crippen molar-refractivity contribution in [3.05, 3.63) is 33.2 Å². The number of likely N-dealkylation sites (N-methyl/N-ethyl adjacent to an activating group) is 1. The quantitative estimate of drug-likeness (QED) is 0.798. The molecule has 0 aliphatic rings. The van der Waals surface area contributed by atoms with E-state index in [1.54, 1.807) is 16.7 Å². The monoisotopic (exact) mass is 244 g/mol. The van der Waals surface area contributed by atoms with E-state index < -0.39 is 0 Å². The zero-order valence-electron chi connectivity index (χ0n) is 7.83. The van der Waals surface area contributed by atoms with E-state index in [0.29, 0.717) is 0 Å². The Morgan fingerprint density at radius 3 is 2.77 bits per heavy atom. The second-order valence-electron chi connectivity index (χ2n) is 3.18. The van der Waals surface area contributed by atoms with Gasteiger partial charge >= 0.3 is 0 Å². The van der Waals surface area contributed by atoms with Crippen LogP contribution in [0.2, 0.25) is 0 Å². The van der Waals surface area contributed by atoms with Gasteiger partial charge in [-0.15, -0.1) is 0 Å². The van der Waals surface area contributed by atoms with Crippen LogP contribution in [-0.4, -0.2) is 30.1 Å². The summed E-state index contributed by atoms with van der Waals surface area (Å²) in [5.74, 6) is 0. The van der Waals surface area contributed by atoms with Crippen LogP contribution < -0.4 is 5.56 Å². The van der Waals surface area contributed by atoms with Crippen LogP contribution in [-0.2, 0) is 6.54 Å². The fourth-order valence-electron chi connectivity index (χ4n) is 0.985. The van der Waals surface area contributed by atoms with Crippen LogP contribution in [0.5, 0.6) is 0 Å². The smallest absolute Gasteiger partial charge is 0.250 e. The summed E-state index contributed by atoms with van der Waals surface area (Å²) in [6.07, 6.45) is 1.81. The van der Waals surface area contributed by atoms with Gasteiger partial charge in [-0.1, -0.05) is 0 Å². The Balaban J connectivity index is 2.76. The predicted molar refractivity (Wildman–Crippen MR) is 57.0 cm³/mol. The first-order valence-electron chi connectivity index (χ1n) is 4.10. The van der Waals surface area contributed by atoms with E-state index in [9.17, 15) is 4.79 Å².